The van der Waals surface area contributed by atoms with Crippen LogP contribution in [0.4, 0.5) is 0 Å². The van der Waals surface area contributed by atoms with E-state index in [1.807, 2.05) is 0 Å². The molecule has 0 fully saturated rings. The molecule has 0 aliphatic heterocycles. The Bertz CT molecular complexity index is 845. The summed E-state index contributed by atoms with van der Waals surface area (Å²) in [5.41, 5.74) is 6.00. The van der Waals surface area contributed by atoms with Crippen LogP contribution in [0.15, 0.2) is 48.5 Å². The van der Waals surface area contributed by atoms with E-state index in [0.29, 0.717) is 0 Å². The van der Waals surface area contributed by atoms with Gasteiger partial charge in [-0.25, -0.2) is 0 Å². The van der Waals surface area contributed by atoms with Crippen molar-refractivity contribution in [3.8, 4) is 11.3 Å². The fourth-order valence-electron chi connectivity index (χ4n) is 3.22. The molecule has 1 nitrogen and oxygen atoms in total. The summed E-state index contributed by atoms with van der Waals surface area (Å²) in [5.74, 6) is 4.99. The first kappa shape index (κ1) is 16.3. The molecule has 0 unspecified atom stereocenters. The summed E-state index contributed by atoms with van der Waals surface area (Å²) in [5, 5.41) is 2.66. The van der Waals surface area contributed by atoms with Gasteiger partial charge in [-0.15, -0.1) is 0 Å². The molecule has 0 aliphatic carbocycles. The third-order valence-electron chi connectivity index (χ3n) is 4.86. The first-order valence-electron chi connectivity index (χ1n) is 8.39. The molecular formula is C21H25GeN. The molecule has 0 bridgehead atoms. The van der Waals surface area contributed by atoms with Crippen LogP contribution < -0.4 is 4.40 Å². The molecule has 118 valence electrons. The Morgan fingerprint density at radius 2 is 1.61 bits per heavy atom. The zero-order valence-corrected chi connectivity index (χ0v) is 16.9. The second-order valence-electron chi connectivity index (χ2n) is 7.18. The summed E-state index contributed by atoms with van der Waals surface area (Å²) in [6, 6.07) is 17.8. The second-order valence-corrected chi connectivity index (χ2v) is 17.7. The van der Waals surface area contributed by atoms with Crippen LogP contribution in [0.1, 0.15) is 18.1 Å². The van der Waals surface area contributed by atoms with Crippen LogP contribution in [-0.2, 0) is 0 Å². The molecule has 0 saturated carbocycles. The fraction of sp³-hybridized carbons (Fsp3) is 0.286. The molecule has 1 heterocycles. The van der Waals surface area contributed by atoms with Crippen molar-refractivity contribution in [2.45, 2.75) is 37.5 Å². The SMILES string of the molecule is C[CH2][Ge]([CH3])([CH3])[c]1cccc2nc(-c3cc(C)cc(C)c3)ccc12. The summed E-state index contributed by atoms with van der Waals surface area (Å²) >= 11 is -1.91. The minimum atomic E-state index is -1.91. The van der Waals surface area contributed by atoms with Gasteiger partial charge in [0, 0.05) is 0 Å². The van der Waals surface area contributed by atoms with Gasteiger partial charge in [-0.05, 0) is 0 Å². The monoisotopic (exact) mass is 365 g/mol. The van der Waals surface area contributed by atoms with Crippen LogP contribution in [0.5, 0.6) is 0 Å². The quantitative estimate of drug-likeness (QED) is 0.563. The van der Waals surface area contributed by atoms with Gasteiger partial charge in [0.05, 0.1) is 0 Å². The van der Waals surface area contributed by atoms with E-state index in [2.05, 4.69) is 80.8 Å². The number of pyridine rings is 1. The Morgan fingerprint density at radius 1 is 0.913 bits per heavy atom. The Balaban J connectivity index is 2.17. The molecule has 0 aliphatic rings. The van der Waals surface area contributed by atoms with E-state index < -0.39 is 13.3 Å². The number of rotatable bonds is 3. The summed E-state index contributed by atoms with van der Waals surface area (Å²) in [4.78, 5) is 4.97. The molecule has 3 rings (SSSR count). The van der Waals surface area contributed by atoms with Crippen LogP contribution in [-0.4, -0.2) is 18.3 Å². The summed E-state index contributed by atoms with van der Waals surface area (Å²) < 4.78 is 1.57. The molecule has 0 radical (unpaired) electrons. The van der Waals surface area contributed by atoms with Gasteiger partial charge in [0.15, 0.2) is 0 Å². The van der Waals surface area contributed by atoms with Gasteiger partial charge in [-0.3, -0.25) is 0 Å². The first-order chi connectivity index (χ1) is 10.9. The Kier molecular flexibility index (Phi) is 4.33. The van der Waals surface area contributed by atoms with Gasteiger partial charge in [0.25, 0.3) is 0 Å². The van der Waals surface area contributed by atoms with Crippen LogP contribution in [0.3, 0.4) is 0 Å². The molecule has 23 heavy (non-hydrogen) atoms. The number of aromatic nitrogens is 1. The molecule has 2 aromatic carbocycles. The predicted octanol–water partition coefficient (Wildman–Crippen LogP) is 5.45. The average molecular weight is 364 g/mol. The van der Waals surface area contributed by atoms with Crippen molar-refractivity contribution >= 4 is 28.6 Å². The van der Waals surface area contributed by atoms with Crippen molar-refractivity contribution in [3.63, 3.8) is 0 Å². The van der Waals surface area contributed by atoms with E-state index in [1.54, 1.807) is 4.40 Å². The predicted molar refractivity (Wildman–Crippen MR) is 104 cm³/mol. The molecule has 0 atom stereocenters. The van der Waals surface area contributed by atoms with E-state index in [9.17, 15) is 0 Å². The fourth-order valence-corrected chi connectivity index (χ4v) is 7.14. The molecular weight excluding hydrogens is 339 g/mol. The van der Waals surface area contributed by atoms with E-state index in [4.69, 9.17) is 4.98 Å². The van der Waals surface area contributed by atoms with Gasteiger partial charge in [0.1, 0.15) is 0 Å². The first-order valence-corrected chi connectivity index (χ1v) is 15.1. The number of aryl methyl sites for hydroxylation is 2. The molecule has 3 aromatic rings. The zero-order chi connectivity index (χ0) is 16.6. The van der Waals surface area contributed by atoms with Crippen molar-refractivity contribution in [1.29, 1.82) is 0 Å². The Morgan fingerprint density at radius 3 is 2.26 bits per heavy atom. The average Bonchev–Trinajstić information content (AvgIpc) is 2.52. The summed E-state index contributed by atoms with van der Waals surface area (Å²) in [6.07, 6.45) is 0. The van der Waals surface area contributed by atoms with Crippen LogP contribution in [0.2, 0.25) is 16.8 Å². The maximum absolute atomic E-state index is 4.97. The molecule has 0 spiro atoms. The molecule has 0 saturated heterocycles. The zero-order valence-electron chi connectivity index (χ0n) is 14.8. The van der Waals surface area contributed by atoms with Gasteiger partial charge in [-0.2, -0.15) is 0 Å². The summed E-state index contributed by atoms with van der Waals surface area (Å²) in [6.45, 7) is 6.62. The number of nitrogens with zero attached hydrogens (tertiary/aromatic N) is 1. The number of hydrogen-bond acceptors (Lipinski definition) is 1. The van der Waals surface area contributed by atoms with Crippen molar-refractivity contribution in [1.82, 2.24) is 4.98 Å². The normalized spacial score (nSPS) is 11.9. The minimum absolute atomic E-state index is 1.07. The Hall–Kier alpha value is -1.61. The van der Waals surface area contributed by atoms with E-state index >= 15 is 0 Å². The second kappa shape index (κ2) is 6.12. The van der Waals surface area contributed by atoms with Crippen molar-refractivity contribution < 1.29 is 0 Å². The number of benzene rings is 2. The topological polar surface area (TPSA) is 12.9 Å². The third kappa shape index (κ3) is 3.21. The van der Waals surface area contributed by atoms with E-state index in [1.165, 1.54) is 27.3 Å². The molecule has 0 N–H and O–H groups in total. The molecule has 2 heteroatoms. The van der Waals surface area contributed by atoms with Gasteiger partial charge in [0.2, 0.25) is 0 Å². The van der Waals surface area contributed by atoms with Gasteiger partial charge >= 0.3 is 142 Å². The van der Waals surface area contributed by atoms with Gasteiger partial charge < -0.3 is 0 Å². The summed E-state index contributed by atoms with van der Waals surface area (Å²) in [7, 11) is 0. The van der Waals surface area contributed by atoms with Crippen molar-refractivity contribution in [2.75, 3.05) is 0 Å². The van der Waals surface area contributed by atoms with Crippen LogP contribution in [0, 0.1) is 13.8 Å². The van der Waals surface area contributed by atoms with Crippen LogP contribution >= 0.6 is 0 Å². The molecule has 1 aromatic heterocycles. The van der Waals surface area contributed by atoms with Crippen LogP contribution in [0.25, 0.3) is 22.2 Å². The maximum atomic E-state index is 4.97. The standard InChI is InChI=1S/C21H25GeN/c1-6-22(4,5)19-8-7-9-21-18(19)10-11-20(23-21)17-13-15(2)12-16(3)14-17/h7-14H,6H2,1-5H3. The van der Waals surface area contributed by atoms with Crippen molar-refractivity contribution in [3.05, 3.63) is 59.7 Å². The number of hydrogen-bond donors (Lipinski definition) is 0. The van der Waals surface area contributed by atoms with Crippen molar-refractivity contribution in [2.24, 2.45) is 0 Å². The van der Waals surface area contributed by atoms with E-state index in [-0.39, 0.29) is 0 Å². The third-order valence-corrected chi connectivity index (χ3v) is 12.5. The van der Waals surface area contributed by atoms with E-state index in [0.717, 1.165) is 11.2 Å². The Labute approximate surface area is 142 Å². The molecule has 0 amide bonds. The van der Waals surface area contributed by atoms with Gasteiger partial charge in [-0.1, -0.05) is 0 Å². The number of fused-ring (bicyclic) bond motifs is 1.